The van der Waals surface area contributed by atoms with Crippen LogP contribution in [-0.4, -0.2) is 11.6 Å². The molecule has 0 saturated heterocycles. The van der Waals surface area contributed by atoms with E-state index in [4.69, 9.17) is 4.74 Å². The third kappa shape index (κ3) is 4.81. The molecule has 31 heavy (non-hydrogen) atoms. The van der Waals surface area contributed by atoms with Crippen molar-refractivity contribution in [1.29, 1.82) is 0 Å². The van der Waals surface area contributed by atoms with Crippen LogP contribution in [0.4, 0.5) is 5.69 Å². The summed E-state index contributed by atoms with van der Waals surface area (Å²) >= 11 is 7.14. The predicted octanol–water partition coefficient (Wildman–Crippen LogP) is 6.91. The standard InChI is InChI=1S/C25H20Br2N2O2/c1-16-7-6-10-21(11-16)29-25(30)22(17(2)28-29)13-19-12-20(26)14-23(27)24(19)31-15-18-8-4-3-5-9-18/h3-14H,15H2,1-2H3/b22-13+. The van der Waals surface area contributed by atoms with Gasteiger partial charge in [0, 0.05) is 10.0 Å². The van der Waals surface area contributed by atoms with Gasteiger partial charge in [-0.15, -0.1) is 0 Å². The van der Waals surface area contributed by atoms with Crippen molar-refractivity contribution in [2.75, 3.05) is 5.01 Å². The summed E-state index contributed by atoms with van der Waals surface area (Å²) in [7, 11) is 0. The summed E-state index contributed by atoms with van der Waals surface area (Å²) in [6, 6.07) is 21.6. The van der Waals surface area contributed by atoms with Gasteiger partial charge in [-0.3, -0.25) is 4.79 Å². The Bertz CT molecular complexity index is 1200. The lowest BCUT2D eigenvalue weighted by Gasteiger charge is -2.14. The van der Waals surface area contributed by atoms with E-state index >= 15 is 0 Å². The minimum atomic E-state index is -0.159. The number of amides is 1. The van der Waals surface area contributed by atoms with Crippen molar-refractivity contribution >= 4 is 55.2 Å². The zero-order valence-electron chi connectivity index (χ0n) is 17.1. The number of carbonyl (C=O) groups excluding carboxylic acids is 1. The molecule has 1 amide bonds. The first-order valence-electron chi connectivity index (χ1n) is 9.76. The minimum Gasteiger partial charge on any atom is -0.487 e. The Morgan fingerprint density at radius 3 is 2.52 bits per heavy atom. The molecule has 0 atom stereocenters. The summed E-state index contributed by atoms with van der Waals surface area (Å²) in [5.74, 6) is 0.516. The van der Waals surface area contributed by atoms with Gasteiger partial charge in [0.15, 0.2) is 0 Å². The Hall–Kier alpha value is -2.70. The number of benzene rings is 3. The summed E-state index contributed by atoms with van der Waals surface area (Å²) < 4.78 is 7.83. The zero-order valence-corrected chi connectivity index (χ0v) is 20.3. The number of nitrogens with zero attached hydrogens (tertiary/aromatic N) is 2. The van der Waals surface area contributed by atoms with Crippen molar-refractivity contribution in [1.82, 2.24) is 0 Å². The molecule has 4 nitrogen and oxygen atoms in total. The molecule has 3 aromatic carbocycles. The molecule has 1 aliphatic rings. The number of hydrazone groups is 1. The lowest BCUT2D eigenvalue weighted by Crippen LogP contribution is -2.21. The molecule has 1 heterocycles. The molecule has 0 saturated carbocycles. The predicted molar refractivity (Wildman–Crippen MR) is 132 cm³/mol. The Morgan fingerprint density at radius 2 is 1.77 bits per heavy atom. The van der Waals surface area contributed by atoms with Crippen LogP contribution in [0.1, 0.15) is 23.6 Å². The molecule has 1 aliphatic heterocycles. The average Bonchev–Trinajstić information content (AvgIpc) is 3.02. The van der Waals surface area contributed by atoms with Crippen LogP contribution in [0.5, 0.6) is 5.75 Å². The van der Waals surface area contributed by atoms with E-state index in [1.807, 2.05) is 86.7 Å². The molecular weight excluding hydrogens is 520 g/mol. The van der Waals surface area contributed by atoms with Gasteiger partial charge in [-0.1, -0.05) is 58.4 Å². The molecule has 0 N–H and O–H groups in total. The van der Waals surface area contributed by atoms with Crippen LogP contribution in [-0.2, 0) is 11.4 Å². The summed E-state index contributed by atoms with van der Waals surface area (Å²) in [4.78, 5) is 13.2. The second-order valence-corrected chi connectivity index (χ2v) is 9.05. The molecule has 0 aliphatic carbocycles. The van der Waals surface area contributed by atoms with Crippen LogP contribution >= 0.6 is 31.9 Å². The van der Waals surface area contributed by atoms with Crippen LogP contribution < -0.4 is 9.75 Å². The smallest absolute Gasteiger partial charge is 0.280 e. The molecule has 4 rings (SSSR count). The maximum Gasteiger partial charge on any atom is 0.280 e. The molecule has 0 unspecified atom stereocenters. The average molecular weight is 540 g/mol. The molecule has 0 bridgehead atoms. The molecule has 156 valence electrons. The highest BCUT2D eigenvalue weighted by Crippen LogP contribution is 2.36. The van der Waals surface area contributed by atoms with Crippen LogP contribution in [0, 0.1) is 6.92 Å². The van der Waals surface area contributed by atoms with Crippen molar-refractivity contribution in [2.45, 2.75) is 20.5 Å². The second kappa shape index (κ2) is 9.20. The number of aryl methyl sites for hydroxylation is 1. The van der Waals surface area contributed by atoms with Crippen molar-refractivity contribution in [3.05, 3.63) is 97.9 Å². The van der Waals surface area contributed by atoms with E-state index in [9.17, 15) is 4.79 Å². The van der Waals surface area contributed by atoms with Gasteiger partial charge in [-0.25, -0.2) is 0 Å². The molecule has 6 heteroatoms. The van der Waals surface area contributed by atoms with Crippen molar-refractivity contribution in [3.8, 4) is 5.75 Å². The maximum absolute atomic E-state index is 13.2. The molecule has 3 aromatic rings. The zero-order chi connectivity index (χ0) is 22.0. The van der Waals surface area contributed by atoms with E-state index in [-0.39, 0.29) is 5.91 Å². The Labute approximate surface area is 198 Å². The first-order chi connectivity index (χ1) is 14.9. The van der Waals surface area contributed by atoms with E-state index < -0.39 is 0 Å². The fourth-order valence-electron chi connectivity index (χ4n) is 3.34. The van der Waals surface area contributed by atoms with Gasteiger partial charge in [0.2, 0.25) is 0 Å². The monoisotopic (exact) mass is 538 g/mol. The third-order valence-electron chi connectivity index (χ3n) is 4.87. The molecule has 0 radical (unpaired) electrons. The van der Waals surface area contributed by atoms with E-state index in [0.29, 0.717) is 23.6 Å². The second-order valence-electron chi connectivity index (χ2n) is 7.28. The molecule has 0 spiro atoms. The van der Waals surface area contributed by atoms with Crippen LogP contribution in [0.3, 0.4) is 0 Å². The fourth-order valence-corrected chi connectivity index (χ4v) is 4.72. The van der Waals surface area contributed by atoms with E-state index in [1.54, 1.807) is 0 Å². The normalized spacial score (nSPS) is 14.8. The Kier molecular flexibility index (Phi) is 6.39. The van der Waals surface area contributed by atoms with E-state index in [1.165, 1.54) is 5.01 Å². The van der Waals surface area contributed by atoms with Gasteiger partial charge in [0.05, 0.1) is 21.4 Å². The van der Waals surface area contributed by atoms with Crippen molar-refractivity contribution in [2.24, 2.45) is 5.10 Å². The summed E-state index contributed by atoms with van der Waals surface area (Å²) in [5.41, 5.74) is 4.89. The van der Waals surface area contributed by atoms with Gasteiger partial charge in [0.25, 0.3) is 5.91 Å². The van der Waals surface area contributed by atoms with Crippen LogP contribution in [0.25, 0.3) is 6.08 Å². The fraction of sp³-hybridized carbons (Fsp3) is 0.120. The highest BCUT2D eigenvalue weighted by molar-refractivity contribution is 9.11. The Morgan fingerprint density at radius 1 is 1.00 bits per heavy atom. The molecular formula is C25H20Br2N2O2. The van der Waals surface area contributed by atoms with Gasteiger partial charge in [-0.05, 0) is 71.2 Å². The summed E-state index contributed by atoms with van der Waals surface area (Å²) in [6.07, 6.45) is 1.84. The Balaban J connectivity index is 1.68. The van der Waals surface area contributed by atoms with Crippen molar-refractivity contribution in [3.63, 3.8) is 0 Å². The van der Waals surface area contributed by atoms with Crippen molar-refractivity contribution < 1.29 is 9.53 Å². The van der Waals surface area contributed by atoms with Gasteiger partial charge < -0.3 is 4.74 Å². The van der Waals surface area contributed by atoms with Gasteiger partial charge >= 0.3 is 0 Å². The van der Waals surface area contributed by atoms with Gasteiger partial charge in [0.1, 0.15) is 12.4 Å². The van der Waals surface area contributed by atoms with Gasteiger partial charge in [-0.2, -0.15) is 10.1 Å². The highest BCUT2D eigenvalue weighted by atomic mass is 79.9. The number of halogens is 2. The summed E-state index contributed by atoms with van der Waals surface area (Å²) in [6.45, 7) is 4.26. The molecule has 0 aromatic heterocycles. The largest absolute Gasteiger partial charge is 0.487 e. The SMILES string of the molecule is CC1=NN(c2cccc(C)c2)C(=O)/C1=C/c1cc(Br)cc(Br)c1OCc1ccccc1. The van der Waals surface area contributed by atoms with E-state index in [2.05, 4.69) is 37.0 Å². The van der Waals surface area contributed by atoms with E-state index in [0.717, 1.165) is 31.3 Å². The van der Waals surface area contributed by atoms with Crippen LogP contribution in [0.2, 0.25) is 0 Å². The maximum atomic E-state index is 13.2. The first-order valence-corrected chi connectivity index (χ1v) is 11.3. The quantitative estimate of drug-likeness (QED) is 0.331. The molecule has 0 fully saturated rings. The first kappa shape index (κ1) is 21.5. The minimum absolute atomic E-state index is 0.159. The number of ether oxygens (including phenoxy) is 1. The number of anilines is 1. The lowest BCUT2D eigenvalue weighted by molar-refractivity contribution is -0.114. The lowest BCUT2D eigenvalue weighted by atomic mass is 10.1. The summed E-state index contributed by atoms with van der Waals surface area (Å²) in [5, 5.41) is 5.94. The third-order valence-corrected chi connectivity index (χ3v) is 5.92. The number of carbonyl (C=O) groups is 1. The number of hydrogen-bond acceptors (Lipinski definition) is 3. The number of rotatable bonds is 5. The number of hydrogen-bond donors (Lipinski definition) is 0. The topological polar surface area (TPSA) is 41.9 Å². The highest BCUT2D eigenvalue weighted by Gasteiger charge is 2.29. The van der Waals surface area contributed by atoms with Crippen LogP contribution in [0.15, 0.2) is 86.3 Å².